The Hall–Kier alpha value is -1.02. The van der Waals surface area contributed by atoms with Crippen LogP contribution in [0.15, 0.2) is 24.3 Å². The largest absolute Gasteiger partial charge is 0.374 e. The molecule has 1 rings (SSSR count). The zero-order chi connectivity index (χ0) is 11.3. The number of aryl methyl sites for hydroxylation is 1. The SMILES string of the molecule is Cc1cccc(N(C)CC(C)CCN)c1. The molecule has 0 spiro atoms. The van der Waals surface area contributed by atoms with Crippen molar-refractivity contribution in [1.82, 2.24) is 0 Å². The van der Waals surface area contributed by atoms with Gasteiger partial charge in [-0.2, -0.15) is 0 Å². The van der Waals surface area contributed by atoms with E-state index in [1.54, 1.807) is 0 Å². The Bertz CT molecular complexity index is 296. The molecule has 0 amide bonds. The number of hydrogen-bond acceptors (Lipinski definition) is 2. The molecule has 0 saturated carbocycles. The van der Waals surface area contributed by atoms with Crippen molar-refractivity contribution in [2.24, 2.45) is 11.7 Å². The van der Waals surface area contributed by atoms with Crippen LogP contribution in [0.4, 0.5) is 5.69 Å². The molecule has 1 aromatic rings. The van der Waals surface area contributed by atoms with Crippen LogP contribution in [0.3, 0.4) is 0 Å². The number of nitrogens with zero attached hydrogens (tertiary/aromatic N) is 1. The predicted octanol–water partition coefficient (Wildman–Crippen LogP) is 2.42. The van der Waals surface area contributed by atoms with Crippen molar-refractivity contribution in [3.8, 4) is 0 Å². The average molecular weight is 206 g/mol. The van der Waals surface area contributed by atoms with Crippen LogP contribution in [0.5, 0.6) is 0 Å². The Labute approximate surface area is 93.1 Å². The van der Waals surface area contributed by atoms with Crippen molar-refractivity contribution in [2.45, 2.75) is 20.3 Å². The van der Waals surface area contributed by atoms with Crippen molar-refractivity contribution in [1.29, 1.82) is 0 Å². The normalized spacial score (nSPS) is 12.5. The summed E-state index contributed by atoms with van der Waals surface area (Å²) < 4.78 is 0. The second-order valence-electron chi connectivity index (χ2n) is 4.40. The molecule has 0 fully saturated rings. The van der Waals surface area contributed by atoms with Crippen LogP contribution in [0.25, 0.3) is 0 Å². The smallest absolute Gasteiger partial charge is 0.0366 e. The number of rotatable bonds is 5. The molecule has 15 heavy (non-hydrogen) atoms. The molecule has 2 N–H and O–H groups in total. The molecular formula is C13H22N2. The third-order valence-corrected chi connectivity index (χ3v) is 2.69. The fourth-order valence-corrected chi connectivity index (χ4v) is 1.81. The average Bonchev–Trinajstić information content (AvgIpc) is 2.18. The fraction of sp³-hybridized carbons (Fsp3) is 0.538. The van der Waals surface area contributed by atoms with Crippen LogP contribution in [0.1, 0.15) is 18.9 Å². The summed E-state index contributed by atoms with van der Waals surface area (Å²) in [6.07, 6.45) is 1.09. The molecule has 2 heteroatoms. The molecule has 0 aromatic heterocycles. The van der Waals surface area contributed by atoms with E-state index in [1.807, 2.05) is 0 Å². The van der Waals surface area contributed by atoms with Gasteiger partial charge in [-0.3, -0.25) is 0 Å². The fourth-order valence-electron chi connectivity index (χ4n) is 1.81. The molecule has 0 aliphatic carbocycles. The Morgan fingerprint density at radius 2 is 2.13 bits per heavy atom. The monoisotopic (exact) mass is 206 g/mol. The third kappa shape index (κ3) is 3.92. The van der Waals surface area contributed by atoms with E-state index in [9.17, 15) is 0 Å². The quantitative estimate of drug-likeness (QED) is 0.801. The summed E-state index contributed by atoms with van der Waals surface area (Å²) >= 11 is 0. The minimum absolute atomic E-state index is 0.653. The first kappa shape index (κ1) is 12.1. The maximum Gasteiger partial charge on any atom is 0.0366 e. The van der Waals surface area contributed by atoms with Crippen molar-refractivity contribution in [3.05, 3.63) is 29.8 Å². The Morgan fingerprint density at radius 1 is 1.40 bits per heavy atom. The number of nitrogens with two attached hydrogens (primary N) is 1. The molecule has 0 radical (unpaired) electrons. The van der Waals surface area contributed by atoms with Gasteiger partial charge in [0.25, 0.3) is 0 Å². The van der Waals surface area contributed by atoms with Gasteiger partial charge >= 0.3 is 0 Å². The molecule has 84 valence electrons. The lowest BCUT2D eigenvalue weighted by Gasteiger charge is -2.23. The second kappa shape index (κ2) is 5.76. The number of anilines is 1. The lowest BCUT2D eigenvalue weighted by Crippen LogP contribution is -2.25. The molecule has 1 atom stereocenters. The van der Waals surface area contributed by atoms with E-state index < -0.39 is 0 Å². The highest BCUT2D eigenvalue weighted by atomic mass is 15.1. The highest BCUT2D eigenvalue weighted by molar-refractivity contribution is 5.47. The Kier molecular flexibility index (Phi) is 4.63. The van der Waals surface area contributed by atoms with Crippen molar-refractivity contribution in [2.75, 3.05) is 25.0 Å². The number of benzene rings is 1. The predicted molar refractivity (Wildman–Crippen MR) is 67.3 cm³/mol. The molecule has 1 unspecified atom stereocenters. The lowest BCUT2D eigenvalue weighted by atomic mass is 10.1. The molecular weight excluding hydrogens is 184 g/mol. The van der Waals surface area contributed by atoms with E-state index in [0.717, 1.165) is 19.5 Å². The summed E-state index contributed by atoms with van der Waals surface area (Å²) in [7, 11) is 2.14. The second-order valence-corrected chi connectivity index (χ2v) is 4.40. The molecule has 0 aliphatic heterocycles. The van der Waals surface area contributed by atoms with E-state index in [1.165, 1.54) is 11.3 Å². The van der Waals surface area contributed by atoms with Gasteiger partial charge in [-0.05, 0) is 43.5 Å². The molecule has 0 heterocycles. The standard InChI is InChI=1S/C13H22N2/c1-11-5-4-6-13(9-11)15(3)10-12(2)7-8-14/h4-6,9,12H,7-8,10,14H2,1-3H3. The zero-order valence-corrected chi connectivity index (χ0v) is 10.0. The molecule has 0 aliphatic rings. The van der Waals surface area contributed by atoms with Gasteiger partial charge in [0, 0.05) is 19.3 Å². The molecule has 0 saturated heterocycles. The van der Waals surface area contributed by atoms with Gasteiger partial charge in [-0.15, -0.1) is 0 Å². The van der Waals surface area contributed by atoms with E-state index in [-0.39, 0.29) is 0 Å². The molecule has 2 nitrogen and oxygen atoms in total. The van der Waals surface area contributed by atoms with Gasteiger partial charge in [0.15, 0.2) is 0 Å². The molecule has 1 aromatic carbocycles. The summed E-state index contributed by atoms with van der Waals surface area (Å²) in [6, 6.07) is 8.60. The topological polar surface area (TPSA) is 29.3 Å². The first-order valence-electron chi connectivity index (χ1n) is 5.61. The summed E-state index contributed by atoms with van der Waals surface area (Å²) in [4.78, 5) is 2.30. The van der Waals surface area contributed by atoms with E-state index in [2.05, 4.69) is 50.1 Å². The van der Waals surface area contributed by atoms with Crippen molar-refractivity contribution in [3.63, 3.8) is 0 Å². The first-order chi connectivity index (χ1) is 7.13. The van der Waals surface area contributed by atoms with Gasteiger partial charge < -0.3 is 10.6 Å². The van der Waals surface area contributed by atoms with Gasteiger partial charge in [-0.1, -0.05) is 19.1 Å². The van der Waals surface area contributed by atoms with Crippen LogP contribution in [-0.2, 0) is 0 Å². The van der Waals surface area contributed by atoms with E-state index in [0.29, 0.717) is 5.92 Å². The summed E-state index contributed by atoms with van der Waals surface area (Å²) in [5.74, 6) is 0.653. The molecule has 0 bridgehead atoms. The van der Waals surface area contributed by atoms with Crippen LogP contribution in [-0.4, -0.2) is 20.1 Å². The van der Waals surface area contributed by atoms with Crippen LogP contribution >= 0.6 is 0 Å². The van der Waals surface area contributed by atoms with Crippen LogP contribution < -0.4 is 10.6 Å². The maximum atomic E-state index is 5.55. The van der Waals surface area contributed by atoms with Gasteiger partial charge in [0.1, 0.15) is 0 Å². The zero-order valence-electron chi connectivity index (χ0n) is 10.0. The number of hydrogen-bond donors (Lipinski definition) is 1. The van der Waals surface area contributed by atoms with Gasteiger partial charge in [0.2, 0.25) is 0 Å². The Balaban J connectivity index is 2.56. The summed E-state index contributed by atoms with van der Waals surface area (Å²) in [6.45, 7) is 6.23. The van der Waals surface area contributed by atoms with Crippen molar-refractivity contribution >= 4 is 5.69 Å². The minimum atomic E-state index is 0.653. The summed E-state index contributed by atoms with van der Waals surface area (Å²) in [5, 5.41) is 0. The maximum absolute atomic E-state index is 5.55. The lowest BCUT2D eigenvalue weighted by molar-refractivity contribution is 0.539. The Morgan fingerprint density at radius 3 is 2.73 bits per heavy atom. The van der Waals surface area contributed by atoms with Gasteiger partial charge in [0.05, 0.1) is 0 Å². The highest BCUT2D eigenvalue weighted by Gasteiger charge is 2.06. The van der Waals surface area contributed by atoms with E-state index >= 15 is 0 Å². The van der Waals surface area contributed by atoms with Crippen molar-refractivity contribution < 1.29 is 0 Å². The summed E-state index contributed by atoms with van der Waals surface area (Å²) in [5.41, 5.74) is 8.15. The van der Waals surface area contributed by atoms with E-state index in [4.69, 9.17) is 5.73 Å². The first-order valence-corrected chi connectivity index (χ1v) is 5.61. The van der Waals surface area contributed by atoms with Gasteiger partial charge in [-0.25, -0.2) is 0 Å². The van der Waals surface area contributed by atoms with Crippen LogP contribution in [0, 0.1) is 12.8 Å². The highest BCUT2D eigenvalue weighted by Crippen LogP contribution is 2.16. The minimum Gasteiger partial charge on any atom is -0.374 e. The third-order valence-electron chi connectivity index (χ3n) is 2.69. The van der Waals surface area contributed by atoms with Crippen LogP contribution in [0.2, 0.25) is 0 Å².